The van der Waals surface area contributed by atoms with E-state index in [0.717, 1.165) is 22.9 Å². The second kappa shape index (κ2) is 7.21. The third-order valence-corrected chi connectivity index (χ3v) is 5.19. The first kappa shape index (κ1) is 16.7. The standard InChI is InChI=1S/C19H17N3O3S/c23-16-7-3-9-22(16)19-21-15(12-26-19)10-17(24)25-11-14-5-1-4-13-6-2-8-20-18(13)14/h1-2,4-6,8,12H,3,7,9-11H2. The van der Waals surface area contributed by atoms with Crippen molar-refractivity contribution >= 4 is 39.2 Å². The number of hydrogen-bond acceptors (Lipinski definition) is 6. The third kappa shape index (κ3) is 3.43. The highest BCUT2D eigenvalue weighted by molar-refractivity contribution is 7.14. The number of thiazole rings is 1. The summed E-state index contributed by atoms with van der Waals surface area (Å²) in [4.78, 5) is 34.4. The maximum absolute atomic E-state index is 12.2. The molecule has 3 aromatic rings. The van der Waals surface area contributed by atoms with Crippen LogP contribution in [-0.2, 0) is 27.4 Å². The van der Waals surface area contributed by atoms with Crippen LogP contribution in [0, 0.1) is 0 Å². The average Bonchev–Trinajstić information content (AvgIpc) is 3.28. The molecule has 0 spiro atoms. The van der Waals surface area contributed by atoms with Gasteiger partial charge in [0.15, 0.2) is 5.13 Å². The number of amides is 1. The third-order valence-electron chi connectivity index (χ3n) is 4.27. The SMILES string of the molecule is O=C(Cc1csc(N2CCCC2=O)n1)OCc1cccc2cccnc12. The number of rotatable bonds is 5. The van der Waals surface area contributed by atoms with Crippen LogP contribution in [0.2, 0.25) is 0 Å². The summed E-state index contributed by atoms with van der Waals surface area (Å²) in [5, 5.41) is 3.48. The number of esters is 1. The van der Waals surface area contributed by atoms with Gasteiger partial charge in [-0.1, -0.05) is 24.3 Å². The average molecular weight is 367 g/mol. The predicted octanol–water partition coefficient (Wildman–Crippen LogP) is 3.10. The van der Waals surface area contributed by atoms with Crippen LogP contribution in [0.3, 0.4) is 0 Å². The Labute approximate surface area is 154 Å². The van der Waals surface area contributed by atoms with Gasteiger partial charge in [-0.25, -0.2) is 4.98 Å². The van der Waals surface area contributed by atoms with Crippen LogP contribution in [0.1, 0.15) is 24.1 Å². The molecule has 0 saturated carbocycles. The van der Waals surface area contributed by atoms with E-state index in [2.05, 4.69) is 9.97 Å². The molecule has 3 heterocycles. The fourth-order valence-electron chi connectivity index (χ4n) is 2.99. The Morgan fingerprint density at radius 1 is 1.27 bits per heavy atom. The van der Waals surface area contributed by atoms with E-state index in [1.807, 2.05) is 35.7 Å². The molecule has 4 rings (SSSR count). The van der Waals surface area contributed by atoms with Crippen LogP contribution >= 0.6 is 11.3 Å². The Morgan fingerprint density at radius 2 is 2.15 bits per heavy atom. The Morgan fingerprint density at radius 3 is 3.00 bits per heavy atom. The summed E-state index contributed by atoms with van der Waals surface area (Å²) in [6.45, 7) is 0.874. The minimum Gasteiger partial charge on any atom is -0.460 e. The molecule has 0 atom stereocenters. The molecular formula is C19H17N3O3S. The zero-order chi connectivity index (χ0) is 17.9. The molecule has 0 bridgehead atoms. The lowest BCUT2D eigenvalue weighted by molar-refractivity contribution is -0.144. The molecule has 2 aromatic heterocycles. The molecular weight excluding hydrogens is 350 g/mol. The maximum atomic E-state index is 12.2. The zero-order valence-corrected chi connectivity index (χ0v) is 14.9. The number of nitrogens with zero attached hydrogens (tertiary/aromatic N) is 3. The monoisotopic (exact) mass is 367 g/mol. The number of ether oxygens (including phenoxy) is 1. The van der Waals surface area contributed by atoms with Gasteiger partial charge in [0.2, 0.25) is 5.91 Å². The van der Waals surface area contributed by atoms with Gasteiger partial charge in [0.1, 0.15) is 6.61 Å². The number of carbonyl (C=O) groups excluding carboxylic acids is 2. The van der Waals surface area contributed by atoms with Crippen molar-refractivity contribution in [3.05, 3.63) is 53.2 Å². The van der Waals surface area contributed by atoms with Crippen molar-refractivity contribution in [2.75, 3.05) is 11.4 Å². The van der Waals surface area contributed by atoms with E-state index in [0.29, 0.717) is 23.8 Å². The van der Waals surface area contributed by atoms with Crippen LogP contribution in [0.4, 0.5) is 5.13 Å². The second-order valence-electron chi connectivity index (χ2n) is 6.10. The quantitative estimate of drug-likeness (QED) is 0.648. The van der Waals surface area contributed by atoms with Gasteiger partial charge >= 0.3 is 5.97 Å². The van der Waals surface area contributed by atoms with E-state index in [1.54, 1.807) is 11.1 Å². The molecule has 1 aromatic carbocycles. The van der Waals surface area contributed by atoms with Crippen molar-refractivity contribution < 1.29 is 14.3 Å². The lowest BCUT2D eigenvalue weighted by Gasteiger charge is -2.10. The Balaban J connectivity index is 1.38. The van der Waals surface area contributed by atoms with Crippen LogP contribution in [-0.4, -0.2) is 28.4 Å². The van der Waals surface area contributed by atoms with Crippen molar-refractivity contribution in [3.8, 4) is 0 Å². The van der Waals surface area contributed by atoms with E-state index < -0.39 is 0 Å². The molecule has 26 heavy (non-hydrogen) atoms. The summed E-state index contributed by atoms with van der Waals surface area (Å²) in [5.74, 6) is -0.250. The zero-order valence-electron chi connectivity index (χ0n) is 14.1. The minimum absolute atomic E-state index is 0.0940. The van der Waals surface area contributed by atoms with E-state index in [1.165, 1.54) is 11.3 Å². The van der Waals surface area contributed by atoms with Gasteiger partial charge in [0.05, 0.1) is 17.6 Å². The first-order chi connectivity index (χ1) is 12.7. The number of anilines is 1. The second-order valence-corrected chi connectivity index (χ2v) is 6.94. The first-order valence-corrected chi connectivity index (χ1v) is 9.32. The van der Waals surface area contributed by atoms with Gasteiger partial charge in [-0.2, -0.15) is 0 Å². The fourth-order valence-corrected chi connectivity index (χ4v) is 3.86. The lowest BCUT2D eigenvalue weighted by atomic mass is 10.1. The number of pyridine rings is 1. The summed E-state index contributed by atoms with van der Waals surface area (Å²) < 4.78 is 5.40. The van der Waals surface area contributed by atoms with E-state index in [4.69, 9.17) is 4.74 Å². The van der Waals surface area contributed by atoms with Gasteiger partial charge in [-0.05, 0) is 12.5 Å². The Hall–Kier alpha value is -2.80. The number of benzene rings is 1. The van der Waals surface area contributed by atoms with E-state index >= 15 is 0 Å². The molecule has 132 valence electrons. The highest BCUT2D eigenvalue weighted by Crippen LogP contribution is 2.25. The Bertz CT molecular complexity index is 964. The molecule has 0 aliphatic carbocycles. The summed E-state index contributed by atoms with van der Waals surface area (Å²) in [6, 6.07) is 9.66. The van der Waals surface area contributed by atoms with Gasteiger partial charge < -0.3 is 4.74 Å². The predicted molar refractivity (Wildman–Crippen MR) is 98.9 cm³/mol. The van der Waals surface area contributed by atoms with Crippen molar-refractivity contribution in [2.24, 2.45) is 0 Å². The normalized spacial score (nSPS) is 14.2. The Kier molecular flexibility index (Phi) is 4.62. The number of para-hydroxylation sites is 1. The molecule has 1 amide bonds. The van der Waals surface area contributed by atoms with Crippen LogP contribution in [0.25, 0.3) is 10.9 Å². The summed E-state index contributed by atoms with van der Waals surface area (Å²) >= 11 is 1.39. The smallest absolute Gasteiger partial charge is 0.312 e. The largest absolute Gasteiger partial charge is 0.460 e. The molecule has 6 nitrogen and oxygen atoms in total. The molecule has 1 aliphatic rings. The molecule has 0 radical (unpaired) electrons. The topological polar surface area (TPSA) is 72.4 Å². The van der Waals surface area contributed by atoms with Gasteiger partial charge in [-0.15, -0.1) is 11.3 Å². The summed E-state index contributed by atoms with van der Waals surface area (Å²) in [6.07, 6.45) is 3.24. The van der Waals surface area contributed by atoms with Gasteiger partial charge in [0, 0.05) is 35.5 Å². The number of carbonyl (C=O) groups is 2. The highest BCUT2D eigenvalue weighted by atomic mass is 32.1. The molecule has 7 heteroatoms. The van der Waals surface area contributed by atoms with Crippen LogP contribution in [0.15, 0.2) is 41.9 Å². The highest BCUT2D eigenvalue weighted by Gasteiger charge is 2.24. The molecule has 1 aliphatic heterocycles. The van der Waals surface area contributed by atoms with E-state index in [9.17, 15) is 9.59 Å². The van der Waals surface area contributed by atoms with Crippen LogP contribution in [0.5, 0.6) is 0 Å². The van der Waals surface area contributed by atoms with Gasteiger partial charge in [0.25, 0.3) is 0 Å². The van der Waals surface area contributed by atoms with Crippen molar-refractivity contribution in [2.45, 2.75) is 25.9 Å². The van der Waals surface area contributed by atoms with Crippen molar-refractivity contribution in [1.29, 1.82) is 0 Å². The number of fused-ring (bicyclic) bond motifs is 1. The number of aromatic nitrogens is 2. The lowest BCUT2D eigenvalue weighted by Crippen LogP contribution is -2.23. The first-order valence-electron chi connectivity index (χ1n) is 8.44. The van der Waals surface area contributed by atoms with Gasteiger partial charge in [-0.3, -0.25) is 19.5 Å². The molecule has 1 fully saturated rings. The van der Waals surface area contributed by atoms with E-state index in [-0.39, 0.29) is 24.9 Å². The molecule has 1 saturated heterocycles. The fraction of sp³-hybridized carbons (Fsp3) is 0.263. The van der Waals surface area contributed by atoms with Crippen molar-refractivity contribution in [1.82, 2.24) is 9.97 Å². The minimum atomic E-state index is -0.345. The van der Waals surface area contributed by atoms with Crippen molar-refractivity contribution in [3.63, 3.8) is 0 Å². The number of hydrogen-bond donors (Lipinski definition) is 0. The maximum Gasteiger partial charge on any atom is 0.312 e. The molecule has 0 N–H and O–H groups in total. The van der Waals surface area contributed by atoms with Crippen LogP contribution < -0.4 is 4.90 Å². The summed E-state index contributed by atoms with van der Waals surface area (Å²) in [7, 11) is 0. The molecule has 0 unspecified atom stereocenters. The summed E-state index contributed by atoms with van der Waals surface area (Å²) in [5.41, 5.74) is 2.34.